The highest BCUT2D eigenvalue weighted by Crippen LogP contribution is 2.34. The van der Waals surface area contributed by atoms with Crippen LogP contribution in [-0.4, -0.2) is 47.2 Å². The van der Waals surface area contributed by atoms with Crippen LogP contribution in [0.4, 0.5) is 4.79 Å². The number of nitrogens with zero attached hydrogens (tertiary/aromatic N) is 1. The average Bonchev–Trinajstić information content (AvgIpc) is 2.58. The first-order valence-corrected chi connectivity index (χ1v) is 9.51. The number of halogens is 1. The molecule has 1 aromatic rings. The number of nitrogens with one attached hydrogen (secondary N) is 1. The van der Waals surface area contributed by atoms with Crippen molar-refractivity contribution < 1.29 is 29.0 Å². The third-order valence-corrected chi connectivity index (χ3v) is 4.68. The molecule has 0 spiro atoms. The van der Waals surface area contributed by atoms with Crippen LogP contribution in [0.15, 0.2) is 34.4 Å². The van der Waals surface area contributed by atoms with Gasteiger partial charge in [-0.3, -0.25) is 14.3 Å². The van der Waals surface area contributed by atoms with Crippen LogP contribution in [0.5, 0.6) is 5.75 Å². The number of carbonyl (C=O) groups is 3. The number of para-hydroxylation sites is 1. The minimum atomic E-state index is -0.922. The van der Waals surface area contributed by atoms with Gasteiger partial charge in [0.15, 0.2) is 5.75 Å². The number of aliphatic hydroxyl groups excluding tert-OH is 1. The maximum Gasteiger partial charge on any atom is 0.417 e. The maximum atomic E-state index is 12.6. The van der Waals surface area contributed by atoms with E-state index in [1.807, 2.05) is 0 Å². The molecule has 0 aromatic heterocycles. The number of rotatable bonds is 4. The number of amides is 3. The first-order valence-electron chi connectivity index (χ1n) is 8.31. The van der Waals surface area contributed by atoms with Crippen molar-refractivity contribution in [3.8, 4) is 5.75 Å². The zero-order valence-electron chi connectivity index (χ0n) is 15.9. The van der Waals surface area contributed by atoms with Gasteiger partial charge in [-0.05, 0) is 44.9 Å². The Morgan fingerprint density at radius 1 is 1.32 bits per heavy atom. The Morgan fingerprint density at radius 3 is 2.61 bits per heavy atom. The van der Waals surface area contributed by atoms with Gasteiger partial charge in [0.05, 0.1) is 17.0 Å². The molecule has 1 aliphatic rings. The van der Waals surface area contributed by atoms with E-state index in [0.717, 1.165) is 16.8 Å². The zero-order valence-corrected chi connectivity index (χ0v) is 17.4. The van der Waals surface area contributed by atoms with Gasteiger partial charge in [-0.25, -0.2) is 9.69 Å². The quantitative estimate of drug-likeness (QED) is 0.558. The summed E-state index contributed by atoms with van der Waals surface area (Å²) in [6.45, 7) is 4.91. The van der Waals surface area contributed by atoms with Crippen molar-refractivity contribution >= 4 is 41.5 Å². The number of carbonyl (C=O) groups excluding carboxylic acids is 3. The van der Waals surface area contributed by atoms with Crippen LogP contribution >= 0.6 is 23.5 Å². The molecule has 2 rings (SSSR count). The van der Waals surface area contributed by atoms with E-state index < -0.39 is 29.1 Å². The van der Waals surface area contributed by atoms with Gasteiger partial charge in [0, 0.05) is 13.0 Å². The fourth-order valence-corrected chi connectivity index (χ4v) is 3.39. The molecule has 0 saturated heterocycles. The van der Waals surface area contributed by atoms with Gasteiger partial charge in [-0.1, -0.05) is 17.7 Å². The number of hydrogen-bond donors (Lipinski definition) is 2. The molecule has 28 heavy (non-hydrogen) atoms. The molecule has 152 valence electrons. The minimum Gasteiger partial charge on any atom is -0.511 e. The summed E-state index contributed by atoms with van der Waals surface area (Å²) in [5.41, 5.74) is -1.31. The number of hydrogen-bond acceptors (Lipinski definition) is 7. The van der Waals surface area contributed by atoms with E-state index in [1.54, 1.807) is 39.0 Å². The van der Waals surface area contributed by atoms with Crippen LogP contribution in [0, 0.1) is 0 Å². The SMILES string of the molecule is COc1c(Cl)cccc1SNC(=O)C1=C(O)CCN(C(=O)OC(C)(C)C)C1=O. The Bertz CT molecular complexity index is 834. The summed E-state index contributed by atoms with van der Waals surface area (Å²) in [5.74, 6) is -1.80. The second-order valence-corrected chi connectivity index (χ2v) is 8.07. The molecule has 0 bridgehead atoms. The molecule has 10 heteroatoms. The standard InChI is InChI=1S/C18H21ClN2O6S/c1-18(2,3)27-17(25)21-9-8-11(22)13(16(21)24)15(23)20-28-12-7-5-6-10(19)14(12)26-4/h5-7,22H,8-9H2,1-4H3,(H,20,23). The van der Waals surface area contributed by atoms with E-state index in [0.29, 0.717) is 15.7 Å². The predicted octanol–water partition coefficient (Wildman–Crippen LogP) is 3.45. The molecule has 0 fully saturated rings. The van der Waals surface area contributed by atoms with Crippen LogP contribution in [-0.2, 0) is 14.3 Å². The first-order chi connectivity index (χ1) is 13.0. The molecule has 8 nitrogen and oxygen atoms in total. The number of aliphatic hydroxyl groups is 1. The molecule has 3 amide bonds. The molecular weight excluding hydrogens is 408 g/mol. The molecule has 1 aliphatic heterocycles. The van der Waals surface area contributed by atoms with E-state index in [4.69, 9.17) is 21.1 Å². The summed E-state index contributed by atoms with van der Waals surface area (Å²) in [6, 6.07) is 4.97. The zero-order chi connectivity index (χ0) is 21.1. The van der Waals surface area contributed by atoms with Crippen molar-refractivity contribution in [1.29, 1.82) is 0 Å². The molecular formula is C18H21ClN2O6S. The Kier molecular flexibility index (Phi) is 6.84. The lowest BCUT2D eigenvalue weighted by molar-refractivity contribution is -0.130. The normalized spacial score (nSPS) is 14.8. The average molecular weight is 429 g/mol. The van der Waals surface area contributed by atoms with Crippen LogP contribution in [0.2, 0.25) is 5.02 Å². The highest BCUT2D eigenvalue weighted by molar-refractivity contribution is 7.98. The third-order valence-electron chi connectivity index (χ3n) is 3.55. The summed E-state index contributed by atoms with van der Waals surface area (Å²) in [4.78, 5) is 38.6. The Morgan fingerprint density at radius 2 is 2.00 bits per heavy atom. The van der Waals surface area contributed by atoms with E-state index in [9.17, 15) is 19.5 Å². The van der Waals surface area contributed by atoms with E-state index in [1.165, 1.54) is 7.11 Å². The van der Waals surface area contributed by atoms with E-state index in [-0.39, 0.29) is 18.7 Å². The molecule has 0 saturated carbocycles. The fourth-order valence-electron chi connectivity index (χ4n) is 2.34. The summed E-state index contributed by atoms with van der Waals surface area (Å²) in [6.07, 6.45) is -0.918. The van der Waals surface area contributed by atoms with Gasteiger partial charge < -0.3 is 14.6 Å². The number of ether oxygens (including phenoxy) is 2. The van der Waals surface area contributed by atoms with Crippen molar-refractivity contribution in [1.82, 2.24) is 9.62 Å². The van der Waals surface area contributed by atoms with Crippen molar-refractivity contribution in [3.05, 3.63) is 34.6 Å². The van der Waals surface area contributed by atoms with Crippen LogP contribution in [0.3, 0.4) is 0 Å². The molecule has 0 atom stereocenters. The van der Waals surface area contributed by atoms with Crippen molar-refractivity contribution in [2.24, 2.45) is 0 Å². The summed E-state index contributed by atoms with van der Waals surface area (Å²) in [7, 11) is 1.44. The summed E-state index contributed by atoms with van der Waals surface area (Å²) < 4.78 is 12.8. The van der Waals surface area contributed by atoms with Gasteiger partial charge in [0.25, 0.3) is 11.8 Å². The summed E-state index contributed by atoms with van der Waals surface area (Å²) >= 11 is 6.90. The van der Waals surface area contributed by atoms with Gasteiger partial charge in [-0.15, -0.1) is 0 Å². The number of methoxy groups -OCH3 is 1. The highest BCUT2D eigenvalue weighted by atomic mass is 35.5. The van der Waals surface area contributed by atoms with Crippen LogP contribution < -0.4 is 9.46 Å². The van der Waals surface area contributed by atoms with E-state index in [2.05, 4.69) is 4.72 Å². The highest BCUT2D eigenvalue weighted by Gasteiger charge is 2.37. The van der Waals surface area contributed by atoms with Crippen molar-refractivity contribution in [3.63, 3.8) is 0 Å². The fraction of sp³-hybridized carbons (Fsp3) is 0.389. The summed E-state index contributed by atoms with van der Waals surface area (Å²) in [5, 5.41) is 10.4. The first kappa shape index (κ1) is 21.9. The second-order valence-electron chi connectivity index (χ2n) is 6.81. The molecule has 1 aromatic carbocycles. The Balaban J connectivity index is 2.14. The molecule has 1 heterocycles. The number of benzene rings is 1. The Hall–Kier alpha value is -2.39. The minimum absolute atomic E-state index is 0.0428. The van der Waals surface area contributed by atoms with Crippen molar-refractivity contribution in [2.75, 3.05) is 13.7 Å². The van der Waals surface area contributed by atoms with Gasteiger partial charge in [0.1, 0.15) is 16.9 Å². The van der Waals surface area contributed by atoms with Crippen LogP contribution in [0.25, 0.3) is 0 Å². The van der Waals surface area contributed by atoms with Gasteiger partial charge >= 0.3 is 6.09 Å². The lowest BCUT2D eigenvalue weighted by atomic mass is 10.1. The predicted molar refractivity (Wildman–Crippen MR) is 104 cm³/mol. The third kappa shape index (κ3) is 5.11. The second kappa shape index (κ2) is 8.74. The largest absolute Gasteiger partial charge is 0.511 e. The van der Waals surface area contributed by atoms with Gasteiger partial charge in [0.2, 0.25) is 0 Å². The molecule has 0 unspecified atom stereocenters. The van der Waals surface area contributed by atoms with E-state index >= 15 is 0 Å². The topological polar surface area (TPSA) is 105 Å². The Labute approximate surface area is 171 Å². The van der Waals surface area contributed by atoms with Crippen LogP contribution in [0.1, 0.15) is 27.2 Å². The smallest absolute Gasteiger partial charge is 0.417 e. The lowest BCUT2D eigenvalue weighted by Gasteiger charge is -2.29. The lowest BCUT2D eigenvalue weighted by Crippen LogP contribution is -2.46. The molecule has 0 aliphatic carbocycles. The number of imide groups is 1. The monoisotopic (exact) mass is 428 g/mol. The maximum absolute atomic E-state index is 12.6. The molecule has 2 N–H and O–H groups in total. The van der Waals surface area contributed by atoms with Crippen molar-refractivity contribution in [2.45, 2.75) is 37.7 Å². The molecule has 0 radical (unpaired) electrons. The van der Waals surface area contributed by atoms with Gasteiger partial charge in [-0.2, -0.15) is 0 Å².